The summed E-state index contributed by atoms with van der Waals surface area (Å²) in [6, 6.07) is 2.55. The fourth-order valence-corrected chi connectivity index (χ4v) is 2.37. The number of hydrogen-bond donors (Lipinski definition) is 2. The van der Waals surface area contributed by atoms with Crippen LogP contribution in [0.15, 0.2) is 18.3 Å². The molecule has 0 atom stereocenters. The summed E-state index contributed by atoms with van der Waals surface area (Å²) in [4.78, 5) is 15.5. The van der Waals surface area contributed by atoms with Crippen LogP contribution in [-0.4, -0.2) is 28.1 Å². The molecule has 18 heavy (non-hydrogen) atoms. The van der Waals surface area contributed by atoms with Crippen molar-refractivity contribution in [1.82, 2.24) is 10.3 Å². The molecule has 1 aliphatic carbocycles. The topological polar surface area (TPSA) is 62.2 Å². The Labute approximate surface area is 105 Å². The fraction of sp³-hybridized carbons (Fsp3) is 0.538. The Morgan fingerprint density at radius 1 is 1.39 bits per heavy atom. The number of rotatable bonds is 3. The van der Waals surface area contributed by atoms with Crippen molar-refractivity contribution in [1.29, 1.82) is 0 Å². The molecule has 1 heterocycles. The van der Waals surface area contributed by atoms with Gasteiger partial charge in [-0.2, -0.15) is 4.39 Å². The number of pyridine rings is 1. The zero-order valence-corrected chi connectivity index (χ0v) is 10.2. The molecule has 4 nitrogen and oxygen atoms in total. The Balaban J connectivity index is 2.07. The fourth-order valence-electron chi connectivity index (χ4n) is 2.37. The molecule has 1 amide bonds. The van der Waals surface area contributed by atoms with E-state index in [1.165, 1.54) is 12.3 Å². The van der Waals surface area contributed by atoms with Crippen molar-refractivity contribution in [2.75, 3.05) is 6.61 Å². The van der Waals surface area contributed by atoms with Crippen molar-refractivity contribution < 1.29 is 14.3 Å². The molecule has 0 aliphatic heterocycles. The normalized spacial score (nSPS) is 18.3. The molecule has 2 rings (SSSR count). The van der Waals surface area contributed by atoms with Gasteiger partial charge < -0.3 is 10.4 Å². The zero-order chi connectivity index (χ0) is 13.0. The first-order valence-electron chi connectivity index (χ1n) is 6.20. The molecule has 2 N–H and O–H groups in total. The van der Waals surface area contributed by atoms with Crippen molar-refractivity contribution in [3.05, 3.63) is 29.8 Å². The van der Waals surface area contributed by atoms with Crippen molar-refractivity contribution >= 4 is 5.91 Å². The van der Waals surface area contributed by atoms with Crippen LogP contribution in [0.3, 0.4) is 0 Å². The molecule has 0 unspecified atom stereocenters. The third kappa shape index (κ3) is 2.85. The van der Waals surface area contributed by atoms with Gasteiger partial charge >= 0.3 is 0 Å². The monoisotopic (exact) mass is 252 g/mol. The van der Waals surface area contributed by atoms with E-state index in [1.807, 2.05) is 0 Å². The van der Waals surface area contributed by atoms with Crippen LogP contribution in [0.4, 0.5) is 4.39 Å². The first-order valence-corrected chi connectivity index (χ1v) is 6.20. The van der Waals surface area contributed by atoms with Gasteiger partial charge in [-0.15, -0.1) is 0 Å². The van der Waals surface area contributed by atoms with E-state index < -0.39 is 11.5 Å². The SMILES string of the molecule is O=C(NC1(CO)CCCCC1)c1ccc(F)nc1. The molecule has 5 heteroatoms. The van der Waals surface area contributed by atoms with Crippen LogP contribution in [0.25, 0.3) is 0 Å². The van der Waals surface area contributed by atoms with E-state index >= 15 is 0 Å². The first-order chi connectivity index (χ1) is 8.65. The van der Waals surface area contributed by atoms with E-state index in [1.54, 1.807) is 0 Å². The van der Waals surface area contributed by atoms with Crippen LogP contribution in [0.2, 0.25) is 0 Å². The number of carbonyl (C=O) groups is 1. The summed E-state index contributed by atoms with van der Waals surface area (Å²) in [6.45, 7) is -0.0621. The van der Waals surface area contributed by atoms with Gasteiger partial charge in [0.25, 0.3) is 5.91 Å². The van der Waals surface area contributed by atoms with Crippen LogP contribution in [0, 0.1) is 5.95 Å². The Kier molecular flexibility index (Phi) is 3.91. The number of aliphatic hydroxyl groups is 1. The molecule has 0 aromatic carbocycles. The minimum Gasteiger partial charge on any atom is -0.394 e. The lowest BCUT2D eigenvalue weighted by molar-refractivity contribution is 0.0758. The van der Waals surface area contributed by atoms with E-state index in [0.717, 1.165) is 38.2 Å². The standard InChI is InChI=1S/C13H17FN2O2/c14-11-5-4-10(8-15-11)12(18)16-13(9-17)6-2-1-3-7-13/h4-5,8,17H,1-3,6-7,9H2,(H,16,18). The Hall–Kier alpha value is -1.49. The highest BCUT2D eigenvalue weighted by Crippen LogP contribution is 2.28. The van der Waals surface area contributed by atoms with E-state index in [4.69, 9.17) is 0 Å². The van der Waals surface area contributed by atoms with Crippen molar-refractivity contribution in [3.8, 4) is 0 Å². The van der Waals surface area contributed by atoms with Crippen LogP contribution in [0.1, 0.15) is 42.5 Å². The van der Waals surface area contributed by atoms with Gasteiger partial charge in [0.15, 0.2) is 0 Å². The van der Waals surface area contributed by atoms with Gasteiger partial charge in [-0.05, 0) is 25.0 Å². The lowest BCUT2D eigenvalue weighted by Crippen LogP contribution is -2.52. The number of carbonyl (C=O) groups excluding carboxylic acids is 1. The summed E-state index contributed by atoms with van der Waals surface area (Å²) in [5.41, 5.74) is -0.209. The van der Waals surface area contributed by atoms with Crippen molar-refractivity contribution in [3.63, 3.8) is 0 Å². The van der Waals surface area contributed by atoms with Gasteiger partial charge in [0.2, 0.25) is 5.95 Å². The molecule has 98 valence electrons. The Morgan fingerprint density at radius 2 is 2.11 bits per heavy atom. The van der Waals surface area contributed by atoms with Crippen molar-refractivity contribution in [2.24, 2.45) is 0 Å². The Morgan fingerprint density at radius 3 is 2.67 bits per heavy atom. The minimum atomic E-state index is -0.610. The molecule has 1 fully saturated rings. The van der Waals surface area contributed by atoms with E-state index in [0.29, 0.717) is 5.56 Å². The predicted octanol–water partition coefficient (Wildman–Crippen LogP) is 1.65. The molecular weight excluding hydrogens is 235 g/mol. The average Bonchev–Trinajstić information content (AvgIpc) is 2.40. The number of nitrogens with zero attached hydrogens (tertiary/aromatic N) is 1. The summed E-state index contributed by atoms with van der Waals surface area (Å²) in [5, 5.41) is 12.4. The van der Waals surface area contributed by atoms with Gasteiger partial charge in [0, 0.05) is 6.20 Å². The summed E-state index contributed by atoms with van der Waals surface area (Å²) in [5.74, 6) is -0.917. The molecule has 0 radical (unpaired) electrons. The second kappa shape index (κ2) is 5.44. The Bertz CT molecular complexity index is 414. The minimum absolute atomic E-state index is 0.0621. The van der Waals surface area contributed by atoms with E-state index in [9.17, 15) is 14.3 Å². The molecule has 0 bridgehead atoms. The lowest BCUT2D eigenvalue weighted by atomic mass is 9.82. The van der Waals surface area contributed by atoms with Gasteiger partial charge in [-0.25, -0.2) is 4.98 Å². The molecule has 0 spiro atoms. The maximum atomic E-state index is 12.7. The summed E-state index contributed by atoms with van der Waals surface area (Å²) >= 11 is 0. The number of amides is 1. The summed E-state index contributed by atoms with van der Waals surface area (Å²) in [6.07, 6.45) is 5.91. The first kappa shape index (κ1) is 13.0. The smallest absolute Gasteiger partial charge is 0.253 e. The van der Waals surface area contributed by atoms with Crippen LogP contribution in [0.5, 0.6) is 0 Å². The average molecular weight is 252 g/mol. The van der Waals surface area contributed by atoms with Gasteiger partial charge in [-0.3, -0.25) is 4.79 Å². The summed E-state index contributed by atoms with van der Waals surface area (Å²) < 4.78 is 12.7. The third-order valence-electron chi connectivity index (χ3n) is 3.48. The number of halogens is 1. The predicted molar refractivity (Wildman–Crippen MR) is 64.6 cm³/mol. The molecule has 1 saturated carbocycles. The molecule has 1 aliphatic rings. The molecular formula is C13H17FN2O2. The highest BCUT2D eigenvalue weighted by molar-refractivity contribution is 5.94. The lowest BCUT2D eigenvalue weighted by Gasteiger charge is -2.36. The zero-order valence-electron chi connectivity index (χ0n) is 10.2. The van der Waals surface area contributed by atoms with Gasteiger partial charge in [-0.1, -0.05) is 19.3 Å². The van der Waals surface area contributed by atoms with E-state index in [-0.39, 0.29) is 12.5 Å². The second-order valence-electron chi connectivity index (χ2n) is 4.82. The largest absolute Gasteiger partial charge is 0.394 e. The van der Waals surface area contributed by atoms with Crippen LogP contribution in [-0.2, 0) is 0 Å². The third-order valence-corrected chi connectivity index (χ3v) is 3.48. The number of nitrogens with one attached hydrogen (secondary N) is 1. The number of hydrogen-bond acceptors (Lipinski definition) is 3. The quantitative estimate of drug-likeness (QED) is 0.804. The molecule has 0 saturated heterocycles. The second-order valence-corrected chi connectivity index (χ2v) is 4.82. The maximum Gasteiger partial charge on any atom is 0.253 e. The molecule has 1 aromatic rings. The highest BCUT2D eigenvalue weighted by atomic mass is 19.1. The van der Waals surface area contributed by atoms with E-state index in [2.05, 4.69) is 10.3 Å². The van der Waals surface area contributed by atoms with Gasteiger partial charge in [0.05, 0.1) is 17.7 Å². The van der Waals surface area contributed by atoms with Crippen LogP contribution < -0.4 is 5.32 Å². The van der Waals surface area contributed by atoms with Gasteiger partial charge in [0.1, 0.15) is 0 Å². The van der Waals surface area contributed by atoms with Crippen LogP contribution >= 0.6 is 0 Å². The number of aliphatic hydroxyl groups excluding tert-OH is 1. The number of aromatic nitrogens is 1. The maximum absolute atomic E-state index is 12.7. The molecule has 1 aromatic heterocycles. The van der Waals surface area contributed by atoms with Crippen molar-refractivity contribution in [2.45, 2.75) is 37.6 Å². The highest BCUT2D eigenvalue weighted by Gasteiger charge is 2.33. The summed E-state index contributed by atoms with van der Waals surface area (Å²) in [7, 11) is 0.